The lowest BCUT2D eigenvalue weighted by molar-refractivity contribution is 0.0957. The Balaban J connectivity index is 1.82. The molecule has 0 aliphatic rings. The first-order valence-electron chi connectivity index (χ1n) is 6.61. The van der Waals surface area contributed by atoms with Gasteiger partial charge in [0, 0.05) is 16.0 Å². The van der Waals surface area contributed by atoms with E-state index in [2.05, 4.69) is 10.5 Å². The third kappa shape index (κ3) is 2.85. The van der Waals surface area contributed by atoms with Crippen LogP contribution >= 0.6 is 11.3 Å². The smallest absolute Gasteiger partial charge is 0.267 e. The fourth-order valence-electron chi connectivity index (χ4n) is 2.17. The Morgan fingerprint density at radius 1 is 1.14 bits per heavy atom. The highest BCUT2D eigenvalue weighted by Gasteiger charge is 2.08. The molecule has 1 heterocycles. The lowest BCUT2D eigenvalue weighted by atomic mass is 10.0. The van der Waals surface area contributed by atoms with E-state index < -0.39 is 0 Å². The molecule has 4 heteroatoms. The van der Waals surface area contributed by atoms with Crippen LogP contribution in [0.1, 0.15) is 20.8 Å². The lowest BCUT2D eigenvalue weighted by Gasteiger charge is -2.04. The SMILES string of the molecule is Cc1sccc1C=NNC(=O)c1cccc2ccccc12. The summed E-state index contributed by atoms with van der Waals surface area (Å²) in [5, 5.41) is 8.02. The van der Waals surface area contributed by atoms with Crippen molar-refractivity contribution >= 4 is 34.2 Å². The number of amides is 1. The molecule has 0 fully saturated rings. The number of hydrogen-bond acceptors (Lipinski definition) is 3. The number of fused-ring (bicyclic) bond motifs is 1. The topological polar surface area (TPSA) is 41.5 Å². The van der Waals surface area contributed by atoms with E-state index in [1.54, 1.807) is 17.6 Å². The van der Waals surface area contributed by atoms with Gasteiger partial charge in [-0.3, -0.25) is 4.79 Å². The predicted octanol–water partition coefficient (Wildman–Crippen LogP) is 3.97. The zero-order chi connectivity index (χ0) is 14.7. The van der Waals surface area contributed by atoms with Crippen molar-refractivity contribution in [3.8, 4) is 0 Å². The molecule has 21 heavy (non-hydrogen) atoms. The molecule has 2 aromatic carbocycles. The molecule has 0 saturated carbocycles. The van der Waals surface area contributed by atoms with Crippen LogP contribution in [0.4, 0.5) is 0 Å². The van der Waals surface area contributed by atoms with Gasteiger partial charge in [0.15, 0.2) is 0 Å². The van der Waals surface area contributed by atoms with Crippen LogP contribution in [-0.2, 0) is 0 Å². The van der Waals surface area contributed by atoms with Gasteiger partial charge in [-0.25, -0.2) is 5.43 Å². The normalized spacial score (nSPS) is 11.1. The second kappa shape index (κ2) is 5.89. The highest BCUT2D eigenvalue weighted by atomic mass is 32.1. The van der Waals surface area contributed by atoms with Crippen LogP contribution in [0.3, 0.4) is 0 Å². The minimum Gasteiger partial charge on any atom is -0.267 e. The monoisotopic (exact) mass is 294 g/mol. The summed E-state index contributed by atoms with van der Waals surface area (Å²) >= 11 is 1.66. The molecule has 0 saturated heterocycles. The zero-order valence-electron chi connectivity index (χ0n) is 11.5. The number of nitrogens with zero attached hydrogens (tertiary/aromatic N) is 1. The molecule has 0 aliphatic heterocycles. The first kappa shape index (κ1) is 13.5. The molecule has 0 aliphatic carbocycles. The molecule has 1 aromatic heterocycles. The first-order valence-corrected chi connectivity index (χ1v) is 7.49. The number of aryl methyl sites for hydroxylation is 1. The van der Waals surface area contributed by atoms with Crippen molar-refractivity contribution in [3.05, 3.63) is 69.9 Å². The van der Waals surface area contributed by atoms with Gasteiger partial charge in [0.25, 0.3) is 5.91 Å². The number of hydrogen-bond donors (Lipinski definition) is 1. The summed E-state index contributed by atoms with van der Waals surface area (Å²) in [6.45, 7) is 2.03. The second-order valence-electron chi connectivity index (χ2n) is 4.66. The maximum absolute atomic E-state index is 12.2. The molecule has 1 amide bonds. The Morgan fingerprint density at radius 2 is 1.95 bits per heavy atom. The molecule has 0 atom stereocenters. The third-order valence-electron chi connectivity index (χ3n) is 3.30. The Bertz CT molecular complexity index is 815. The fourth-order valence-corrected chi connectivity index (χ4v) is 2.85. The van der Waals surface area contributed by atoms with Crippen molar-refractivity contribution in [1.29, 1.82) is 0 Å². The largest absolute Gasteiger partial charge is 0.271 e. The second-order valence-corrected chi connectivity index (χ2v) is 5.78. The van der Waals surface area contributed by atoms with E-state index >= 15 is 0 Å². The summed E-state index contributed by atoms with van der Waals surface area (Å²) in [5.41, 5.74) is 4.25. The van der Waals surface area contributed by atoms with E-state index in [0.29, 0.717) is 5.56 Å². The molecule has 3 nitrogen and oxygen atoms in total. The Morgan fingerprint density at radius 3 is 2.76 bits per heavy atom. The molecular formula is C17H14N2OS. The summed E-state index contributed by atoms with van der Waals surface area (Å²) in [6, 6.07) is 15.5. The molecule has 0 radical (unpaired) electrons. The van der Waals surface area contributed by atoms with E-state index in [-0.39, 0.29) is 5.91 Å². The maximum Gasteiger partial charge on any atom is 0.271 e. The summed E-state index contributed by atoms with van der Waals surface area (Å²) in [4.78, 5) is 13.4. The highest BCUT2D eigenvalue weighted by Crippen LogP contribution is 2.18. The van der Waals surface area contributed by atoms with Gasteiger partial charge in [0.2, 0.25) is 0 Å². The average Bonchev–Trinajstić information content (AvgIpc) is 2.92. The molecule has 0 unspecified atom stereocenters. The number of hydrazone groups is 1. The van der Waals surface area contributed by atoms with Crippen LogP contribution in [-0.4, -0.2) is 12.1 Å². The van der Waals surface area contributed by atoms with E-state index in [9.17, 15) is 4.79 Å². The number of carbonyl (C=O) groups is 1. The molecule has 0 spiro atoms. The third-order valence-corrected chi connectivity index (χ3v) is 4.16. The molecule has 3 aromatic rings. The van der Waals surface area contributed by atoms with Gasteiger partial charge in [-0.05, 0) is 35.2 Å². The highest BCUT2D eigenvalue weighted by molar-refractivity contribution is 7.10. The Hall–Kier alpha value is -2.46. The van der Waals surface area contributed by atoms with Gasteiger partial charge in [-0.2, -0.15) is 5.10 Å². The standard InChI is InChI=1S/C17H14N2OS/c1-12-14(9-10-21-12)11-18-19-17(20)16-8-4-6-13-5-2-3-7-15(13)16/h2-11H,1H3,(H,19,20). The summed E-state index contributed by atoms with van der Waals surface area (Å²) in [5.74, 6) is -0.198. The van der Waals surface area contributed by atoms with Crippen LogP contribution < -0.4 is 5.43 Å². The van der Waals surface area contributed by atoms with E-state index in [1.807, 2.05) is 60.8 Å². The van der Waals surface area contributed by atoms with Gasteiger partial charge in [0.05, 0.1) is 6.21 Å². The van der Waals surface area contributed by atoms with Gasteiger partial charge < -0.3 is 0 Å². The van der Waals surface area contributed by atoms with Crippen LogP contribution in [0.25, 0.3) is 10.8 Å². The first-order chi connectivity index (χ1) is 10.3. The van der Waals surface area contributed by atoms with Crippen LogP contribution in [0.5, 0.6) is 0 Å². The summed E-state index contributed by atoms with van der Waals surface area (Å²) in [7, 11) is 0. The van der Waals surface area contributed by atoms with Crippen LogP contribution in [0.15, 0.2) is 59.0 Å². The number of thiophene rings is 1. The van der Waals surface area contributed by atoms with E-state index in [4.69, 9.17) is 0 Å². The molecule has 1 N–H and O–H groups in total. The fraction of sp³-hybridized carbons (Fsp3) is 0.0588. The van der Waals surface area contributed by atoms with Gasteiger partial charge in [-0.15, -0.1) is 11.3 Å². The molecule has 3 rings (SSSR count). The maximum atomic E-state index is 12.2. The van der Waals surface area contributed by atoms with Gasteiger partial charge >= 0.3 is 0 Å². The van der Waals surface area contributed by atoms with Crippen molar-refractivity contribution in [2.24, 2.45) is 5.10 Å². The van der Waals surface area contributed by atoms with Crippen LogP contribution in [0, 0.1) is 6.92 Å². The summed E-state index contributed by atoms with van der Waals surface area (Å²) in [6.07, 6.45) is 1.68. The number of carbonyl (C=O) groups excluding carboxylic acids is 1. The summed E-state index contributed by atoms with van der Waals surface area (Å²) < 4.78 is 0. The van der Waals surface area contributed by atoms with E-state index in [0.717, 1.165) is 16.3 Å². The Kier molecular flexibility index (Phi) is 3.79. The minimum atomic E-state index is -0.198. The van der Waals surface area contributed by atoms with Gasteiger partial charge in [0.1, 0.15) is 0 Å². The average molecular weight is 294 g/mol. The van der Waals surface area contributed by atoms with E-state index in [1.165, 1.54) is 4.88 Å². The molecule has 0 bridgehead atoms. The zero-order valence-corrected chi connectivity index (χ0v) is 12.4. The van der Waals surface area contributed by atoms with Gasteiger partial charge in [-0.1, -0.05) is 36.4 Å². The number of benzene rings is 2. The van der Waals surface area contributed by atoms with Crippen molar-refractivity contribution in [2.75, 3.05) is 0 Å². The Labute approximate surface area is 126 Å². The number of nitrogens with one attached hydrogen (secondary N) is 1. The molecular weight excluding hydrogens is 280 g/mol. The number of rotatable bonds is 3. The predicted molar refractivity (Wildman–Crippen MR) is 88.1 cm³/mol. The quantitative estimate of drug-likeness (QED) is 0.576. The molecule has 104 valence electrons. The van der Waals surface area contributed by atoms with Crippen molar-refractivity contribution in [2.45, 2.75) is 6.92 Å². The lowest BCUT2D eigenvalue weighted by Crippen LogP contribution is -2.17. The van der Waals surface area contributed by atoms with Crippen molar-refractivity contribution < 1.29 is 4.79 Å². The van der Waals surface area contributed by atoms with Crippen molar-refractivity contribution in [1.82, 2.24) is 5.43 Å². The van der Waals surface area contributed by atoms with Crippen LogP contribution in [0.2, 0.25) is 0 Å². The minimum absolute atomic E-state index is 0.198. The van der Waals surface area contributed by atoms with Crippen molar-refractivity contribution in [3.63, 3.8) is 0 Å².